The van der Waals surface area contributed by atoms with E-state index in [2.05, 4.69) is 15.6 Å². The first-order valence-corrected chi connectivity index (χ1v) is 7.38. The Kier molecular flexibility index (Phi) is 3.74. The summed E-state index contributed by atoms with van der Waals surface area (Å²) in [4.78, 5) is 12.6. The Morgan fingerprint density at radius 2 is 1.71 bits per heavy atom. The van der Waals surface area contributed by atoms with Crippen LogP contribution in [0.2, 0.25) is 5.31 Å². The zero-order chi connectivity index (χ0) is 14.9. The van der Waals surface area contributed by atoms with Crippen molar-refractivity contribution in [2.45, 2.75) is 49.4 Å². The molecule has 1 aromatic carbocycles. The van der Waals surface area contributed by atoms with E-state index in [1.807, 2.05) is 12.1 Å². The molecule has 0 spiro atoms. The number of para-hydroxylation sites is 1. The summed E-state index contributed by atoms with van der Waals surface area (Å²) in [7, 11) is 11.3. The second-order valence-electron chi connectivity index (χ2n) is 6.36. The number of anilines is 1. The Labute approximate surface area is 127 Å². The highest BCUT2D eigenvalue weighted by Gasteiger charge is 2.46. The van der Waals surface area contributed by atoms with Crippen LogP contribution >= 0.6 is 0 Å². The number of nitrogens with one attached hydrogen (secondary N) is 2. The first kappa shape index (κ1) is 14.5. The van der Waals surface area contributed by atoms with Crippen LogP contribution < -0.4 is 10.8 Å². The molecule has 4 rings (SSSR count). The van der Waals surface area contributed by atoms with Crippen molar-refractivity contribution in [3.05, 3.63) is 29.8 Å². The molecule has 0 aromatic heterocycles. The molecule has 3 aliphatic rings. The third-order valence-corrected chi connectivity index (χ3v) is 5.02. The first-order valence-electron chi connectivity index (χ1n) is 7.38. The molecule has 0 aliphatic heterocycles. The Morgan fingerprint density at radius 3 is 2.33 bits per heavy atom. The zero-order valence-corrected chi connectivity index (χ0v) is 12.0. The van der Waals surface area contributed by atoms with Crippen LogP contribution in [0.5, 0.6) is 0 Å². The second-order valence-corrected chi connectivity index (χ2v) is 6.36. The molecule has 0 heterocycles. The molecule has 4 nitrogen and oxygen atoms in total. The lowest BCUT2D eigenvalue weighted by molar-refractivity contribution is 0.0742. The van der Waals surface area contributed by atoms with Gasteiger partial charge in [-0.3, -0.25) is 10.3 Å². The second kappa shape index (κ2) is 5.41. The normalized spacial score (nSPS) is 30.9. The smallest absolute Gasteiger partial charge is 0.326 e. The number of carbonyl (C=O) groups is 1. The molecule has 3 fully saturated rings. The third-order valence-electron chi connectivity index (χ3n) is 5.02. The fourth-order valence-electron chi connectivity index (χ4n) is 3.54. The van der Waals surface area contributed by atoms with Crippen molar-refractivity contribution in [2.75, 3.05) is 5.48 Å². The van der Waals surface area contributed by atoms with E-state index in [-0.39, 0.29) is 16.8 Å². The lowest BCUT2D eigenvalue weighted by Crippen LogP contribution is -2.55. The van der Waals surface area contributed by atoms with E-state index < -0.39 is 0 Å². The van der Waals surface area contributed by atoms with Crippen molar-refractivity contribution in [1.82, 2.24) is 5.32 Å². The summed E-state index contributed by atoms with van der Waals surface area (Å²) in [6.45, 7) is 0. The van der Waals surface area contributed by atoms with Crippen LogP contribution in [0, 0.1) is 0 Å². The van der Waals surface area contributed by atoms with Gasteiger partial charge in [-0.1, -0.05) is 36.7 Å². The average molecular weight is 280 g/mol. The van der Waals surface area contributed by atoms with Gasteiger partial charge in [-0.25, -0.2) is 0 Å². The molecule has 2 bridgehead atoms. The molecule has 2 N–H and O–H groups in total. The highest BCUT2D eigenvalue weighted by molar-refractivity contribution is 6.15. The van der Waals surface area contributed by atoms with E-state index in [1.165, 1.54) is 0 Å². The summed E-state index contributed by atoms with van der Waals surface area (Å²) in [5.41, 5.74) is 3.53. The molecule has 106 valence electrons. The number of hydrogen-bond donors (Lipinski definition) is 2. The van der Waals surface area contributed by atoms with E-state index in [0.29, 0.717) is 11.3 Å². The van der Waals surface area contributed by atoms with Crippen molar-refractivity contribution in [1.29, 1.82) is 0 Å². The number of fused-ring (bicyclic) bond motifs is 3. The van der Waals surface area contributed by atoms with Gasteiger partial charge in [-0.15, -0.1) is 0 Å². The Hall–Kier alpha value is -1.42. The molecule has 4 radical (unpaired) electrons. The van der Waals surface area contributed by atoms with Crippen molar-refractivity contribution < 1.29 is 9.55 Å². The van der Waals surface area contributed by atoms with Gasteiger partial charge in [0.15, 0.2) is 0 Å². The molecule has 1 amide bonds. The summed E-state index contributed by atoms with van der Waals surface area (Å²) >= 11 is 0. The summed E-state index contributed by atoms with van der Waals surface area (Å²) in [6.07, 6.45) is 5.83. The van der Waals surface area contributed by atoms with Crippen LogP contribution in [-0.4, -0.2) is 27.3 Å². The van der Waals surface area contributed by atoms with Gasteiger partial charge in [-0.05, 0) is 31.4 Å². The van der Waals surface area contributed by atoms with E-state index >= 15 is 0 Å². The van der Waals surface area contributed by atoms with E-state index in [9.17, 15) is 4.79 Å². The van der Waals surface area contributed by atoms with Crippen LogP contribution in [0.1, 0.15) is 48.9 Å². The monoisotopic (exact) mass is 280 g/mol. The van der Waals surface area contributed by atoms with Crippen molar-refractivity contribution in [3.8, 4) is 0 Å². The predicted molar refractivity (Wildman–Crippen MR) is 83.2 cm³/mol. The molecule has 21 heavy (non-hydrogen) atoms. The van der Waals surface area contributed by atoms with Gasteiger partial charge in [0.1, 0.15) is 0 Å². The molecule has 3 aliphatic carbocycles. The summed E-state index contributed by atoms with van der Waals surface area (Å²) in [5.74, 6) is -0.0958. The number of amides is 1. The third kappa shape index (κ3) is 2.82. The van der Waals surface area contributed by atoms with Crippen LogP contribution in [0.15, 0.2) is 24.3 Å². The summed E-state index contributed by atoms with van der Waals surface area (Å²) in [5, 5.41) is 3.22. The minimum atomic E-state index is -0.102. The predicted octanol–water partition coefficient (Wildman–Crippen LogP) is 2.28. The van der Waals surface area contributed by atoms with Gasteiger partial charge < -0.3 is 10.1 Å². The van der Waals surface area contributed by atoms with Gasteiger partial charge >= 0.3 is 8.05 Å². The quantitative estimate of drug-likeness (QED) is 0.657. The van der Waals surface area contributed by atoms with Crippen LogP contribution in [0.3, 0.4) is 0 Å². The lowest BCUT2D eigenvalue weighted by Gasteiger charge is -2.52. The summed E-state index contributed by atoms with van der Waals surface area (Å²) in [6, 6.07) is 7.15. The Bertz CT molecular complexity index is 526. The molecule has 0 saturated heterocycles. The average Bonchev–Trinajstić information content (AvgIpc) is 2.50. The Morgan fingerprint density at radius 1 is 1.10 bits per heavy atom. The van der Waals surface area contributed by atoms with Crippen molar-refractivity contribution in [3.63, 3.8) is 0 Å². The van der Waals surface area contributed by atoms with Crippen LogP contribution in [-0.2, 0) is 4.76 Å². The van der Waals surface area contributed by atoms with Gasteiger partial charge in [0, 0.05) is 5.54 Å². The number of rotatable bonds is 4. The maximum atomic E-state index is 12.6. The number of hydrogen-bond acceptors (Lipinski definition) is 3. The molecular formula is C15H18B2N2O2. The fourth-order valence-corrected chi connectivity index (χ4v) is 3.54. The Balaban J connectivity index is 1.75. The van der Waals surface area contributed by atoms with E-state index in [0.717, 1.165) is 38.5 Å². The van der Waals surface area contributed by atoms with Gasteiger partial charge in [0.2, 0.25) is 0 Å². The number of carbonyl (C=O) groups excluding carboxylic acids is 1. The van der Waals surface area contributed by atoms with E-state index in [1.54, 1.807) is 12.1 Å². The lowest BCUT2D eigenvalue weighted by atomic mass is 9.49. The zero-order valence-electron chi connectivity index (χ0n) is 12.0. The highest BCUT2D eigenvalue weighted by Crippen LogP contribution is 2.55. The SMILES string of the molecule is [B]ONc1ccccc1C(=O)NC12CCC([B])(CC1)CC2. The topological polar surface area (TPSA) is 50.4 Å². The maximum Gasteiger partial charge on any atom is 0.326 e. The van der Waals surface area contributed by atoms with Gasteiger partial charge in [-0.2, -0.15) is 0 Å². The molecule has 6 heteroatoms. The van der Waals surface area contributed by atoms with E-state index in [4.69, 9.17) is 15.9 Å². The molecule has 1 aromatic rings. The largest absolute Gasteiger partial charge is 0.353 e. The van der Waals surface area contributed by atoms with Gasteiger partial charge in [0.05, 0.1) is 19.1 Å². The minimum Gasteiger partial charge on any atom is -0.353 e. The first-order chi connectivity index (χ1) is 10.1. The standard InChI is InChI=1S/C15H18B2N2O2/c16-14-5-8-15(9-6-14,10-7-14)18-13(20)11-3-1-2-4-12(11)19-21-17/h1-4,19H,5-10H2,(H,18,20). The number of benzene rings is 1. The van der Waals surface area contributed by atoms with Crippen molar-refractivity contribution in [2.24, 2.45) is 0 Å². The minimum absolute atomic E-state index is 0.000665. The molecule has 3 saturated carbocycles. The molecule has 0 atom stereocenters. The maximum absolute atomic E-state index is 12.6. The van der Waals surface area contributed by atoms with Gasteiger partial charge in [0.25, 0.3) is 5.91 Å². The van der Waals surface area contributed by atoms with Crippen LogP contribution in [0.4, 0.5) is 5.69 Å². The summed E-state index contributed by atoms with van der Waals surface area (Å²) < 4.78 is 4.43. The molecule has 0 unspecified atom stereocenters. The molecular weight excluding hydrogens is 262 g/mol. The van der Waals surface area contributed by atoms with Crippen LogP contribution in [0.25, 0.3) is 0 Å². The fraction of sp³-hybridized carbons (Fsp3) is 0.533. The van der Waals surface area contributed by atoms with Crippen molar-refractivity contribution >= 4 is 27.5 Å². The highest BCUT2D eigenvalue weighted by atomic mass is 16.6.